The van der Waals surface area contributed by atoms with Gasteiger partial charge in [-0.3, -0.25) is 10.1 Å². The van der Waals surface area contributed by atoms with E-state index >= 15 is 0 Å². The second-order valence-electron chi connectivity index (χ2n) is 7.50. The number of carbonyl (C=O) groups is 1. The van der Waals surface area contributed by atoms with Gasteiger partial charge in [0.15, 0.2) is 5.13 Å². The maximum Gasteiger partial charge on any atom is 0.387 e. The first-order chi connectivity index (χ1) is 15.8. The Morgan fingerprint density at radius 3 is 2.64 bits per heavy atom. The van der Waals surface area contributed by atoms with Gasteiger partial charge in [0.2, 0.25) is 10.0 Å². The molecule has 2 aromatic carbocycles. The maximum atomic E-state index is 12.7. The van der Waals surface area contributed by atoms with Crippen molar-refractivity contribution in [3.05, 3.63) is 59.5 Å². The molecule has 0 spiro atoms. The number of alkyl halides is 2. The summed E-state index contributed by atoms with van der Waals surface area (Å²) >= 11 is 1.11. The first kappa shape index (κ1) is 23.3. The third-order valence-corrected chi connectivity index (χ3v) is 7.46. The summed E-state index contributed by atoms with van der Waals surface area (Å²) in [5.41, 5.74) is 0.881. The molecule has 1 amide bonds. The lowest BCUT2D eigenvalue weighted by Crippen LogP contribution is -2.32. The number of amides is 1. The molecular weight excluding hydrogens is 472 g/mol. The van der Waals surface area contributed by atoms with Gasteiger partial charge in [-0.25, -0.2) is 18.1 Å². The van der Waals surface area contributed by atoms with Crippen LogP contribution in [0.4, 0.5) is 13.9 Å². The third kappa shape index (κ3) is 5.73. The molecule has 0 atom stereocenters. The standard InChI is InChI=1S/C22H21F2N3O4S2/c23-21(24)31-19-11-4-3-10-17(19)18-13-32-22(25-18)26-20(28)14-6-5-9-16(12-14)33(29,30)27-15-7-1-2-8-15/h3-6,9-13,15,21,27H,1-2,7-8H2,(H,25,26,28). The Morgan fingerprint density at radius 1 is 1.12 bits per heavy atom. The van der Waals surface area contributed by atoms with E-state index in [-0.39, 0.29) is 27.4 Å². The van der Waals surface area contributed by atoms with Gasteiger partial charge in [0, 0.05) is 22.5 Å². The summed E-state index contributed by atoms with van der Waals surface area (Å²) in [6.07, 6.45) is 3.59. The normalized spacial score (nSPS) is 14.5. The summed E-state index contributed by atoms with van der Waals surface area (Å²) in [6, 6.07) is 11.9. The van der Waals surface area contributed by atoms with E-state index in [1.807, 2.05) is 0 Å². The molecule has 174 valence electrons. The fourth-order valence-corrected chi connectivity index (χ4v) is 5.69. The first-order valence-electron chi connectivity index (χ1n) is 10.3. The second kappa shape index (κ2) is 9.94. The van der Waals surface area contributed by atoms with Crippen molar-refractivity contribution in [2.45, 2.75) is 43.2 Å². The zero-order valence-electron chi connectivity index (χ0n) is 17.3. The Hall–Kier alpha value is -2.89. The minimum Gasteiger partial charge on any atom is -0.434 e. The van der Waals surface area contributed by atoms with Crippen molar-refractivity contribution in [3.8, 4) is 17.0 Å². The summed E-state index contributed by atoms with van der Waals surface area (Å²) < 4.78 is 57.9. The molecule has 1 heterocycles. The lowest BCUT2D eigenvalue weighted by Gasteiger charge is -2.13. The molecule has 1 fully saturated rings. The number of thiazole rings is 1. The topological polar surface area (TPSA) is 97.4 Å². The van der Waals surface area contributed by atoms with Gasteiger partial charge < -0.3 is 4.74 Å². The lowest BCUT2D eigenvalue weighted by atomic mass is 10.1. The fraction of sp³-hybridized carbons (Fsp3) is 0.273. The average molecular weight is 494 g/mol. The van der Waals surface area contributed by atoms with E-state index in [0.29, 0.717) is 11.3 Å². The van der Waals surface area contributed by atoms with Crippen molar-refractivity contribution >= 4 is 32.4 Å². The summed E-state index contributed by atoms with van der Waals surface area (Å²) in [4.78, 5) is 17.0. The Morgan fingerprint density at radius 2 is 1.88 bits per heavy atom. The van der Waals surface area contributed by atoms with Gasteiger partial charge in [-0.2, -0.15) is 8.78 Å². The minimum atomic E-state index is -3.74. The van der Waals surface area contributed by atoms with Crippen LogP contribution in [0.15, 0.2) is 58.8 Å². The van der Waals surface area contributed by atoms with Crippen molar-refractivity contribution in [1.29, 1.82) is 0 Å². The van der Waals surface area contributed by atoms with E-state index in [0.717, 1.165) is 37.0 Å². The minimum absolute atomic E-state index is 0.0138. The number of nitrogens with one attached hydrogen (secondary N) is 2. The summed E-state index contributed by atoms with van der Waals surface area (Å²) in [7, 11) is -3.74. The number of nitrogens with zero attached hydrogens (tertiary/aromatic N) is 1. The first-order valence-corrected chi connectivity index (χ1v) is 12.6. The predicted molar refractivity (Wildman–Crippen MR) is 121 cm³/mol. The molecule has 1 aromatic heterocycles. The summed E-state index contributed by atoms with van der Waals surface area (Å²) in [5, 5.41) is 4.47. The van der Waals surface area contributed by atoms with Gasteiger partial charge in [0.1, 0.15) is 5.75 Å². The van der Waals surface area contributed by atoms with Crippen LogP contribution in [-0.4, -0.2) is 32.0 Å². The number of hydrogen-bond donors (Lipinski definition) is 2. The average Bonchev–Trinajstić information content (AvgIpc) is 3.46. The Balaban J connectivity index is 1.49. The third-order valence-electron chi connectivity index (χ3n) is 5.19. The number of aromatic nitrogens is 1. The highest BCUT2D eigenvalue weighted by Gasteiger charge is 2.24. The Kier molecular flexibility index (Phi) is 7.01. The highest BCUT2D eigenvalue weighted by Crippen LogP contribution is 2.33. The SMILES string of the molecule is O=C(Nc1nc(-c2ccccc2OC(F)F)cs1)c1cccc(S(=O)(=O)NC2CCCC2)c1. The van der Waals surface area contributed by atoms with E-state index in [2.05, 4.69) is 19.8 Å². The molecule has 0 radical (unpaired) electrons. The smallest absolute Gasteiger partial charge is 0.387 e. The van der Waals surface area contributed by atoms with Crippen LogP contribution in [0.2, 0.25) is 0 Å². The second-order valence-corrected chi connectivity index (χ2v) is 10.1. The number of anilines is 1. The van der Waals surface area contributed by atoms with Crippen LogP contribution in [-0.2, 0) is 10.0 Å². The zero-order valence-corrected chi connectivity index (χ0v) is 19.0. The van der Waals surface area contributed by atoms with E-state index in [4.69, 9.17) is 0 Å². The molecule has 0 unspecified atom stereocenters. The van der Waals surface area contributed by atoms with Gasteiger partial charge >= 0.3 is 6.61 Å². The van der Waals surface area contributed by atoms with E-state index in [1.54, 1.807) is 23.6 Å². The molecule has 0 aliphatic heterocycles. The molecule has 2 N–H and O–H groups in total. The van der Waals surface area contributed by atoms with Crippen LogP contribution in [0.5, 0.6) is 5.75 Å². The molecule has 1 saturated carbocycles. The van der Waals surface area contributed by atoms with E-state index in [1.165, 1.54) is 30.3 Å². The van der Waals surface area contributed by atoms with Crippen molar-refractivity contribution in [3.63, 3.8) is 0 Å². The number of rotatable bonds is 8. The zero-order chi connectivity index (χ0) is 23.4. The van der Waals surface area contributed by atoms with Gasteiger partial charge in [-0.1, -0.05) is 31.0 Å². The van der Waals surface area contributed by atoms with Crippen LogP contribution < -0.4 is 14.8 Å². The number of sulfonamides is 1. The summed E-state index contributed by atoms with van der Waals surface area (Å²) in [6.45, 7) is -2.98. The quantitative estimate of drug-likeness (QED) is 0.466. The number of carbonyl (C=O) groups excluding carboxylic acids is 1. The van der Waals surface area contributed by atoms with Crippen LogP contribution in [0.25, 0.3) is 11.3 Å². The molecule has 4 rings (SSSR count). The van der Waals surface area contributed by atoms with Gasteiger partial charge in [0.05, 0.1) is 10.6 Å². The number of benzene rings is 2. The van der Waals surface area contributed by atoms with Crippen LogP contribution in [0.3, 0.4) is 0 Å². The molecule has 1 aliphatic rings. The number of halogens is 2. The highest BCUT2D eigenvalue weighted by atomic mass is 32.2. The predicted octanol–water partition coefficient (Wildman–Crippen LogP) is 4.88. The van der Waals surface area contributed by atoms with Crippen LogP contribution >= 0.6 is 11.3 Å². The number of ether oxygens (including phenoxy) is 1. The van der Waals surface area contributed by atoms with Crippen molar-refractivity contribution in [1.82, 2.24) is 9.71 Å². The molecule has 3 aromatic rings. The molecule has 33 heavy (non-hydrogen) atoms. The lowest BCUT2D eigenvalue weighted by molar-refractivity contribution is -0.0494. The van der Waals surface area contributed by atoms with Crippen LogP contribution in [0.1, 0.15) is 36.0 Å². The fourth-order valence-electron chi connectivity index (χ4n) is 3.64. The molecule has 11 heteroatoms. The monoisotopic (exact) mass is 493 g/mol. The Labute approximate surface area is 193 Å². The van der Waals surface area contributed by atoms with Crippen LogP contribution in [0, 0.1) is 0 Å². The molecule has 0 saturated heterocycles. The Bertz CT molecular complexity index is 1240. The van der Waals surface area contributed by atoms with Crippen molar-refractivity contribution < 1.29 is 26.7 Å². The van der Waals surface area contributed by atoms with Crippen molar-refractivity contribution in [2.24, 2.45) is 0 Å². The van der Waals surface area contributed by atoms with Gasteiger partial charge in [-0.05, 0) is 43.2 Å². The number of para-hydroxylation sites is 1. The van der Waals surface area contributed by atoms with Crippen molar-refractivity contribution in [2.75, 3.05) is 5.32 Å². The molecular formula is C22H21F2N3O4S2. The van der Waals surface area contributed by atoms with E-state index in [9.17, 15) is 22.0 Å². The summed E-state index contributed by atoms with van der Waals surface area (Å²) in [5.74, 6) is -0.561. The number of hydrogen-bond acceptors (Lipinski definition) is 6. The highest BCUT2D eigenvalue weighted by molar-refractivity contribution is 7.89. The van der Waals surface area contributed by atoms with Gasteiger partial charge in [0.25, 0.3) is 5.91 Å². The molecule has 7 nitrogen and oxygen atoms in total. The van der Waals surface area contributed by atoms with E-state index < -0.39 is 22.5 Å². The maximum absolute atomic E-state index is 12.7. The largest absolute Gasteiger partial charge is 0.434 e. The molecule has 0 bridgehead atoms. The van der Waals surface area contributed by atoms with Gasteiger partial charge in [-0.15, -0.1) is 11.3 Å². The molecule has 1 aliphatic carbocycles.